The lowest BCUT2D eigenvalue weighted by Crippen LogP contribution is -2.09. The van der Waals surface area contributed by atoms with E-state index in [2.05, 4.69) is 146 Å². The third-order valence-electron chi connectivity index (χ3n) is 9.80. The van der Waals surface area contributed by atoms with E-state index < -0.39 is 0 Å². The Bertz CT molecular complexity index is 2520. The number of hydrogen-bond donors (Lipinski definition) is 0. The summed E-state index contributed by atoms with van der Waals surface area (Å²) < 4.78 is 2.15. The quantitative estimate of drug-likeness (QED) is 0.102. The van der Waals surface area contributed by atoms with Gasteiger partial charge < -0.3 is 0 Å². The molecule has 234 valence electrons. The molecule has 1 aromatic heterocycles. The van der Waals surface area contributed by atoms with Crippen molar-refractivity contribution in [2.24, 2.45) is 5.92 Å². The van der Waals surface area contributed by atoms with E-state index in [0.29, 0.717) is 5.92 Å². The summed E-state index contributed by atoms with van der Waals surface area (Å²) in [5.74, 6) is 4.38. The second kappa shape index (κ2) is 12.8. The van der Waals surface area contributed by atoms with E-state index in [4.69, 9.17) is 11.4 Å². The summed E-state index contributed by atoms with van der Waals surface area (Å²) in [6, 6.07) is 45.1. The van der Waals surface area contributed by atoms with Gasteiger partial charge in [0.05, 0.1) is 16.6 Å². The molecule has 2 nitrogen and oxygen atoms in total. The number of aromatic nitrogens is 2. The Kier molecular flexibility index (Phi) is 7.88. The van der Waals surface area contributed by atoms with E-state index in [1.807, 2.05) is 42.5 Å². The van der Waals surface area contributed by atoms with Crippen molar-refractivity contribution >= 4 is 43.7 Å². The highest BCUT2D eigenvalue weighted by Crippen LogP contribution is 2.45. The van der Waals surface area contributed by atoms with Gasteiger partial charge in [0, 0.05) is 11.6 Å². The average Bonchev–Trinajstić information content (AvgIpc) is 3.54. The summed E-state index contributed by atoms with van der Waals surface area (Å²) >= 11 is 0. The number of nitrogens with zero attached hydrogens (tertiary/aromatic N) is 2. The van der Waals surface area contributed by atoms with Gasteiger partial charge in [-0.25, -0.2) is 4.98 Å². The molecule has 0 N–H and O–H groups in total. The molecule has 2 unspecified atom stereocenters. The summed E-state index contributed by atoms with van der Waals surface area (Å²) in [4.78, 5) is 5.00. The fourth-order valence-corrected chi connectivity index (χ4v) is 7.35. The number of terminal acetylenes is 1. The molecule has 0 bridgehead atoms. The van der Waals surface area contributed by atoms with Crippen LogP contribution in [0, 0.1) is 18.3 Å². The number of fused-ring (bicyclic) bond motifs is 3. The molecule has 0 radical (unpaired) electrons. The maximum absolute atomic E-state index is 6.20. The Hall–Kier alpha value is -6.17. The van der Waals surface area contributed by atoms with Gasteiger partial charge in [-0.2, -0.15) is 0 Å². The third-order valence-corrected chi connectivity index (χ3v) is 9.80. The molecular formula is C47H36N2. The predicted molar refractivity (Wildman–Crippen MR) is 209 cm³/mol. The first-order chi connectivity index (χ1) is 24.1. The van der Waals surface area contributed by atoms with Crippen LogP contribution < -0.4 is 0 Å². The number of benzene rings is 6. The van der Waals surface area contributed by atoms with Crippen molar-refractivity contribution in [2.75, 3.05) is 0 Å². The van der Waals surface area contributed by atoms with Crippen molar-refractivity contribution in [3.8, 4) is 29.2 Å². The monoisotopic (exact) mass is 628 g/mol. The van der Waals surface area contributed by atoms with Crippen LogP contribution in [0.3, 0.4) is 0 Å². The third kappa shape index (κ3) is 5.40. The fourth-order valence-electron chi connectivity index (χ4n) is 7.35. The van der Waals surface area contributed by atoms with Crippen LogP contribution in [0.15, 0.2) is 164 Å². The van der Waals surface area contributed by atoms with Crippen molar-refractivity contribution in [3.63, 3.8) is 0 Å². The second-order valence-electron chi connectivity index (χ2n) is 12.8. The van der Waals surface area contributed by atoms with Gasteiger partial charge >= 0.3 is 0 Å². The van der Waals surface area contributed by atoms with E-state index in [9.17, 15) is 0 Å². The summed E-state index contributed by atoms with van der Waals surface area (Å²) in [5.41, 5.74) is 9.84. The highest BCUT2D eigenvalue weighted by Gasteiger charge is 2.24. The lowest BCUT2D eigenvalue weighted by atomic mass is 9.77. The van der Waals surface area contributed by atoms with E-state index in [-0.39, 0.29) is 5.92 Å². The normalized spacial score (nSPS) is 16.4. The van der Waals surface area contributed by atoms with E-state index >= 15 is 0 Å². The zero-order valence-electron chi connectivity index (χ0n) is 27.7. The van der Waals surface area contributed by atoms with Crippen LogP contribution in [0.5, 0.6) is 0 Å². The number of rotatable bonds is 6. The van der Waals surface area contributed by atoms with Crippen molar-refractivity contribution in [1.82, 2.24) is 9.55 Å². The van der Waals surface area contributed by atoms with Crippen LogP contribution in [0.2, 0.25) is 0 Å². The van der Waals surface area contributed by atoms with Gasteiger partial charge in [-0.3, -0.25) is 4.57 Å². The number of imidazole rings is 1. The topological polar surface area (TPSA) is 17.8 Å². The van der Waals surface area contributed by atoms with Gasteiger partial charge in [0.15, 0.2) is 5.82 Å². The summed E-state index contributed by atoms with van der Waals surface area (Å²) in [5, 5.41) is 5.14. The number of allylic oxidation sites excluding steroid dienone is 8. The Morgan fingerprint density at radius 2 is 1.39 bits per heavy atom. The molecule has 8 rings (SSSR count). The molecule has 6 aromatic carbocycles. The minimum atomic E-state index is 0.287. The summed E-state index contributed by atoms with van der Waals surface area (Å²) in [7, 11) is 0. The van der Waals surface area contributed by atoms with Crippen molar-refractivity contribution < 1.29 is 0 Å². The molecule has 0 saturated carbocycles. The van der Waals surface area contributed by atoms with Gasteiger partial charge in [-0.15, -0.1) is 6.42 Å². The van der Waals surface area contributed by atoms with Gasteiger partial charge in [0.2, 0.25) is 0 Å². The average molecular weight is 629 g/mol. The number of para-hydroxylation sites is 3. The lowest BCUT2D eigenvalue weighted by Gasteiger charge is -2.26. The Morgan fingerprint density at radius 3 is 2.16 bits per heavy atom. The molecule has 2 heteroatoms. The zero-order chi connectivity index (χ0) is 33.3. The first-order valence-corrected chi connectivity index (χ1v) is 16.9. The standard InChI is InChI=1S/C47H36N2/c1-4-34(47-48-43-25-15-16-26-44(43)49(47)37-20-9-6-10-21-37)28-27-32(2)36-29-30-41-42(31-36)45(35-18-7-5-8-19-35)39-23-13-14-24-40(39)46(41)38-22-12-11-17-33(38)3/h1,5-31,33,38H,2-3H3/b32-27+,34-28+. The van der Waals surface area contributed by atoms with E-state index in [1.54, 1.807) is 0 Å². The van der Waals surface area contributed by atoms with E-state index in [1.165, 1.54) is 38.2 Å². The molecule has 1 aliphatic carbocycles. The highest BCUT2D eigenvalue weighted by molar-refractivity contribution is 6.16. The smallest absolute Gasteiger partial charge is 0.154 e. The second-order valence-corrected chi connectivity index (χ2v) is 12.8. The van der Waals surface area contributed by atoms with Crippen LogP contribution >= 0.6 is 0 Å². The first-order valence-electron chi connectivity index (χ1n) is 16.9. The Labute approximate surface area is 288 Å². The SMILES string of the molecule is C#C/C(=C\C=C(/C)c1ccc2c(C3C=CC=CC3C)c3ccccc3c(-c3ccccc3)c2c1)c1nc2ccccc2n1-c1ccccc1. The molecule has 0 aliphatic heterocycles. The number of hydrogen-bond acceptors (Lipinski definition) is 1. The molecule has 2 atom stereocenters. The fraction of sp³-hybridized carbons (Fsp3) is 0.0851. The molecule has 1 aliphatic rings. The molecule has 49 heavy (non-hydrogen) atoms. The molecule has 7 aromatic rings. The van der Waals surface area contributed by atoms with Crippen LogP contribution in [-0.4, -0.2) is 9.55 Å². The van der Waals surface area contributed by atoms with Gasteiger partial charge in [0.25, 0.3) is 0 Å². The molecular weight excluding hydrogens is 593 g/mol. The summed E-state index contributed by atoms with van der Waals surface area (Å²) in [6.45, 7) is 4.48. The van der Waals surface area contributed by atoms with E-state index in [0.717, 1.165) is 39.3 Å². The van der Waals surface area contributed by atoms with Gasteiger partial charge in [0.1, 0.15) is 0 Å². The van der Waals surface area contributed by atoms with Crippen LogP contribution in [-0.2, 0) is 0 Å². The minimum absolute atomic E-state index is 0.287. The summed E-state index contributed by atoms with van der Waals surface area (Å²) in [6.07, 6.45) is 19.4. The van der Waals surface area contributed by atoms with Crippen molar-refractivity contribution in [1.29, 1.82) is 0 Å². The minimum Gasteiger partial charge on any atom is -0.292 e. The molecule has 0 saturated heterocycles. The maximum atomic E-state index is 6.20. The van der Waals surface area contributed by atoms with Gasteiger partial charge in [-0.05, 0) is 98.6 Å². The maximum Gasteiger partial charge on any atom is 0.154 e. The Balaban J connectivity index is 1.31. The predicted octanol–water partition coefficient (Wildman–Crippen LogP) is 12.0. The molecule has 1 heterocycles. The van der Waals surface area contributed by atoms with Crippen LogP contribution in [0.25, 0.3) is 60.5 Å². The van der Waals surface area contributed by atoms with Crippen LogP contribution in [0.1, 0.15) is 36.7 Å². The molecule has 0 spiro atoms. The molecule has 0 amide bonds. The lowest BCUT2D eigenvalue weighted by molar-refractivity contribution is 0.643. The molecule has 0 fully saturated rings. The largest absolute Gasteiger partial charge is 0.292 e. The van der Waals surface area contributed by atoms with Crippen molar-refractivity contribution in [3.05, 3.63) is 181 Å². The highest BCUT2D eigenvalue weighted by atomic mass is 15.1. The van der Waals surface area contributed by atoms with Gasteiger partial charge in [-0.1, -0.05) is 140 Å². The van der Waals surface area contributed by atoms with Crippen LogP contribution in [0.4, 0.5) is 0 Å². The van der Waals surface area contributed by atoms with Crippen molar-refractivity contribution in [2.45, 2.75) is 19.8 Å². The first kappa shape index (κ1) is 30.2. The zero-order valence-corrected chi connectivity index (χ0v) is 27.7. The Morgan fingerprint density at radius 1 is 0.714 bits per heavy atom.